The molecule has 27 heavy (non-hydrogen) atoms. The minimum Gasteiger partial charge on any atom is -0.496 e. The summed E-state index contributed by atoms with van der Waals surface area (Å²) in [6.45, 7) is 0.386. The van der Waals surface area contributed by atoms with Gasteiger partial charge in [-0.1, -0.05) is 12.1 Å². The average molecular weight is 461 g/mol. The van der Waals surface area contributed by atoms with Crippen LogP contribution in [0.4, 0.5) is 0 Å². The molecule has 9 heteroatoms. The Bertz CT molecular complexity index is 880. The SMILES string of the molecule is COCOCc1c(Br)c(OC)cc(-c2ccc(OS(C)(=O)=O)cc2)c1OC. The van der Waals surface area contributed by atoms with Crippen molar-refractivity contribution < 1.29 is 31.5 Å². The highest BCUT2D eigenvalue weighted by Crippen LogP contribution is 2.43. The molecule has 7 nitrogen and oxygen atoms in total. The van der Waals surface area contributed by atoms with Gasteiger partial charge >= 0.3 is 10.1 Å². The number of rotatable bonds is 9. The van der Waals surface area contributed by atoms with E-state index in [-0.39, 0.29) is 19.1 Å². The van der Waals surface area contributed by atoms with E-state index in [1.165, 1.54) is 0 Å². The van der Waals surface area contributed by atoms with E-state index in [1.807, 2.05) is 6.07 Å². The van der Waals surface area contributed by atoms with Crippen LogP contribution in [-0.4, -0.2) is 42.8 Å². The lowest BCUT2D eigenvalue weighted by molar-refractivity contribution is -0.0397. The molecule has 0 aliphatic carbocycles. The number of hydrogen-bond donors (Lipinski definition) is 0. The van der Waals surface area contributed by atoms with Crippen molar-refractivity contribution >= 4 is 26.0 Å². The molecular weight excluding hydrogens is 440 g/mol. The van der Waals surface area contributed by atoms with Crippen LogP contribution in [0.25, 0.3) is 11.1 Å². The smallest absolute Gasteiger partial charge is 0.306 e. The molecule has 0 bridgehead atoms. The van der Waals surface area contributed by atoms with Crippen molar-refractivity contribution in [2.75, 3.05) is 34.4 Å². The zero-order valence-corrected chi connectivity index (χ0v) is 17.8. The van der Waals surface area contributed by atoms with Gasteiger partial charge < -0.3 is 23.1 Å². The summed E-state index contributed by atoms with van der Waals surface area (Å²) >= 11 is 3.52. The normalized spacial score (nSPS) is 11.3. The molecule has 0 aliphatic rings. The Morgan fingerprint density at radius 3 is 2.22 bits per heavy atom. The number of hydrogen-bond acceptors (Lipinski definition) is 7. The molecule has 0 unspecified atom stereocenters. The summed E-state index contributed by atoms with van der Waals surface area (Å²) in [5, 5.41) is 0. The summed E-state index contributed by atoms with van der Waals surface area (Å²) in [7, 11) is 1.10. The second-order valence-corrected chi connectivity index (χ2v) is 7.89. The molecule has 0 aliphatic heterocycles. The number of ether oxygens (including phenoxy) is 4. The predicted molar refractivity (Wildman–Crippen MR) is 105 cm³/mol. The summed E-state index contributed by atoms with van der Waals surface area (Å²) < 4.78 is 49.6. The summed E-state index contributed by atoms with van der Waals surface area (Å²) in [5.74, 6) is 1.45. The number of benzene rings is 2. The quantitative estimate of drug-likeness (QED) is 0.321. The molecule has 2 aromatic rings. The van der Waals surface area contributed by atoms with Crippen molar-refractivity contribution in [3.63, 3.8) is 0 Å². The Labute approximate surface area is 167 Å². The Morgan fingerprint density at radius 2 is 1.70 bits per heavy atom. The summed E-state index contributed by atoms with van der Waals surface area (Å²) in [6.07, 6.45) is 0.996. The molecular formula is C18H21BrO7S. The van der Waals surface area contributed by atoms with Crippen LogP contribution in [0.5, 0.6) is 17.2 Å². The van der Waals surface area contributed by atoms with Crippen LogP contribution in [-0.2, 0) is 26.2 Å². The first-order chi connectivity index (χ1) is 12.8. The lowest BCUT2D eigenvalue weighted by Crippen LogP contribution is -2.05. The van der Waals surface area contributed by atoms with Crippen LogP contribution >= 0.6 is 15.9 Å². The highest BCUT2D eigenvalue weighted by molar-refractivity contribution is 9.10. The second-order valence-electron chi connectivity index (χ2n) is 5.52. The first-order valence-electron chi connectivity index (χ1n) is 7.80. The predicted octanol–water partition coefficient (Wildman–Crippen LogP) is 3.59. The van der Waals surface area contributed by atoms with E-state index in [2.05, 4.69) is 15.9 Å². The zero-order chi connectivity index (χ0) is 20.0. The zero-order valence-electron chi connectivity index (χ0n) is 15.4. The summed E-state index contributed by atoms with van der Waals surface area (Å²) in [6, 6.07) is 8.46. The molecule has 2 aromatic carbocycles. The first-order valence-corrected chi connectivity index (χ1v) is 10.4. The van der Waals surface area contributed by atoms with Gasteiger partial charge in [-0.2, -0.15) is 8.42 Å². The van der Waals surface area contributed by atoms with Gasteiger partial charge in [0.15, 0.2) is 0 Å². The lowest BCUT2D eigenvalue weighted by atomic mass is 10.0. The molecule has 0 atom stereocenters. The third-order valence-electron chi connectivity index (χ3n) is 3.56. The van der Waals surface area contributed by atoms with Gasteiger partial charge in [0, 0.05) is 18.2 Å². The van der Waals surface area contributed by atoms with Gasteiger partial charge in [0.05, 0.1) is 31.6 Å². The molecule has 0 saturated heterocycles. The van der Waals surface area contributed by atoms with E-state index in [9.17, 15) is 8.42 Å². The van der Waals surface area contributed by atoms with Crippen molar-refractivity contribution in [3.05, 3.63) is 40.4 Å². The minimum atomic E-state index is -3.58. The highest BCUT2D eigenvalue weighted by atomic mass is 79.9. The van der Waals surface area contributed by atoms with Crippen LogP contribution in [0.3, 0.4) is 0 Å². The standard InChI is InChI=1S/C18H21BrO7S/c1-22-11-25-10-15-17(19)16(23-2)9-14(18(15)24-3)12-5-7-13(8-6-12)26-27(4,20)21/h5-9H,10-11H2,1-4H3. The lowest BCUT2D eigenvalue weighted by Gasteiger charge is -2.18. The van der Waals surface area contributed by atoms with Crippen LogP contribution in [0.2, 0.25) is 0 Å². The van der Waals surface area contributed by atoms with Crippen molar-refractivity contribution in [2.45, 2.75) is 6.61 Å². The Morgan fingerprint density at radius 1 is 1.04 bits per heavy atom. The fourth-order valence-corrected chi connectivity index (χ4v) is 3.52. The minimum absolute atomic E-state index is 0.139. The topological polar surface area (TPSA) is 80.3 Å². The van der Waals surface area contributed by atoms with Crippen molar-refractivity contribution in [3.8, 4) is 28.4 Å². The Hall–Kier alpha value is -1.81. The highest BCUT2D eigenvalue weighted by Gasteiger charge is 2.19. The summed E-state index contributed by atoms with van der Waals surface area (Å²) in [5.41, 5.74) is 2.33. The Kier molecular flexibility index (Phi) is 7.49. The van der Waals surface area contributed by atoms with Crippen molar-refractivity contribution in [1.82, 2.24) is 0 Å². The van der Waals surface area contributed by atoms with Gasteiger partial charge in [0.1, 0.15) is 24.0 Å². The molecule has 0 aromatic heterocycles. The van der Waals surface area contributed by atoms with Gasteiger partial charge in [-0.15, -0.1) is 0 Å². The van der Waals surface area contributed by atoms with Gasteiger partial charge in [-0.05, 0) is 39.7 Å². The van der Waals surface area contributed by atoms with Gasteiger partial charge in [-0.25, -0.2) is 0 Å². The van der Waals surface area contributed by atoms with Crippen LogP contribution in [0.15, 0.2) is 34.8 Å². The molecule has 0 radical (unpaired) electrons. The van der Waals surface area contributed by atoms with Gasteiger partial charge in [0.25, 0.3) is 0 Å². The van der Waals surface area contributed by atoms with E-state index >= 15 is 0 Å². The van der Waals surface area contributed by atoms with E-state index in [0.717, 1.165) is 27.4 Å². The van der Waals surface area contributed by atoms with Crippen molar-refractivity contribution in [1.29, 1.82) is 0 Å². The van der Waals surface area contributed by atoms with Crippen molar-refractivity contribution in [2.24, 2.45) is 0 Å². The molecule has 0 fully saturated rings. The Balaban J connectivity index is 2.50. The third kappa shape index (κ3) is 5.58. The molecule has 0 spiro atoms. The second kappa shape index (κ2) is 9.41. The number of halogens is 1. The van der Waals surface area contributed by atoms with E-state index in [4.69, 9.17) is 23.1 Å². The fourth-order valence-electron chi connectivity index (χ4n) is 2.49. The van der Waals surface area contributed by atoms with Crippen LogP contribution in [0.1, 0.15) is 5.56 Å². The first kappa shape index (κ1) is 21.5. The van der Waals surface area contributed by atoms with Crippen LogP contribution in [0, 0.1) is 0 Å². The van der Waals surface area contributed by atoms with Crippen LogP contribution < -0.4 is 13.7 Å². The largest absolute Gasteiger partial charge is 0.496 e. The number of methoxy groups -OCH3 is 3. The van der Waals surface area contributed by atoms with E-state index in [1.54, 1.807) is 45.6 Å². The molecule has 148 valence electrons. The fraction of sp³-hybridized carbons (Fsp3) is 0.333. The van der Waals surface area contributed by atoms with E-state index < -0.39 is 10.1 Å². The maximum Gasteiger partial charge on any atom is 0.306 e. The molecule has 0 saturated carbocycles. The van der Waals surface area contributed by atoms with E-state index in [0.29, 0.717) is 11.5 Å². The third-order valence-corrected chi connectivity index (χ3v) is 4.92. The summed E-state index contributed by atoms with van der Waals surface area (Å²) in [4.78, 5) is 0. The van der Waals surface area contributed by atoms with Gasteiger partial charge in [0.2, 0.25) is 0 Å². The maximum absolute atomic E-state index is 11.3. The molecule has 0 amide bonds. The monoisotopic (exact) mass is 460 g/mol. The van der Waals surface area contributed by atoms with Gasteiger partial charge in [-0.3, -0.25) is 0 Å². The average Bonchev–Trinajstić information content (AvgIpc) is 2.62. The molecule has 0 N–H and O–H groups in total. The maximum atomic E-state index is 11.3. The molecule has 2 rings (SSSR count). The molecule has 0 heterocycles.